The Labute approximate surface area is 242 Å². The molecule has 6 nitrogen and oxygen atoms in total. The molecule has 3 N–H and O–H groups in total. The predicted octanol–water partition coefficient (Wildman–Crippen LogP) is 6.44. The SMILES string of the molecule is O=C1C[C@@H](C2C=CC=C(Cl)C2)[C@]2(C(=O)Nc3cc(Cl)ccc32)[C@H](c2cc(Cl)ccc2OC2CCC(O)CC2)N1. The predicted molar refractivity (Wildman–Crippen MR) is 152 cm³/mol. The lowest BCUT2D eigenvalue weighted by Crippen LogP contribution is -2.59. The number of carbonyl (C=O) groups excluding carboxylic acids is 2. The molecule has 1 unspecified atom stereocenters. The van der Waals surface area contributed by atoms with Gasteiger partial charge in [0, 0.05) is 32.7 Å². The Morgan fingerprint density at radius 1 is 0.949 bits per heavy atom. The summed E-state index contributed by atoms with van der Waals surface area (Å²) < 4.78 is 6.50. The highest BCUT2D eigenvalue weighted by Gasteiger charge is 2.62. The number of fused-ring (bicyclic) bond motifs is 2. The average molecular weight is 588 g/mol. The van der Waals surface area contributed by atoms with Gasteiger partial charge in [-0.3, -0.25) is 9.59 Å². The maximum atomic E-state index is 14.3. The van der Waals surface area contributed by atoms with Crippen LogP contribution in [0.2, 0.25) is 10.0 Å². The van der Waals surface area contributed by atoms with Crippen molar-refractivity contribution in [3.05, 3.63) is 80.8 Å². The second-order valence-electron chi connectivity index (χ2n) is 10.9. The maximum absolute atomic E-state index is 14.3. The fraction of sp³-hybridized carbons (Fsp3) is 0.400. The van der Waals surface area contributed by atoms with Crippen molar-refractivity contribution in [2.45, 2.75) is 62.2 Å². The van der Waals surface area contributed by atoms with Gasteiger partial charge in [0.15, 0.2) is 0 Å². The van der Waals surface area contributed by atoms with Crippen molar-refractivity contribution in [1.82, 2.24) is 5.32 Å². The van der Waals surface area contributed by atoms with Crippen molar-refractivity contribution >= 4 is 52.3 Å². The maximum Gasteiger partial charge on any atom is 0.237 e. The van der Waals surface area contributed by atoms with E-state index in [1.807, 2.05) is 30.4 Å². The molecule has 2 aromatic rings. The summed E-state index contributed by atoms with van der Waals surface area (Å²) in [6.45, 7) is 0. The van der Waals surface area contributed by atoms with Gasteiger partial charge in [0.05, 0.1) is 18.2 Å². The molecule has 6 rings (SSSR count). The van der Waals surface area contributed by atoms with Crippen LogP contribution < -0.4 is 15.4 Å². The number of nitrogens with one attached hydrogen (secondary N) is 2. The minimum Gasteiger partial charge on any atom is -0.490 e. The summed E-state index contributed by atoms with van der Waals surface area (Å²) in [4.78, 5) is 27.7. The van der Waals surface area contributed by atoms with E-state index in [0.717, 1.165) is 5.56 Å². The van der Waals surface area contributed by atoms with Gasteiger partial charge in [0.2, 0.25) is 11.8 Å². The van der Waals surface area contributed by atoms with E-state index in [9.17, 15) is 14.7 Å². The molecule has 9 heteroatoms. The Morgan fingerprint density at radius 3 is 2.46 bits per heavy atom. The van der Waals surface area contributed by atoms with Crippen LogP contribution in [-0.4, -0.2) is 29.1 Å². The van der Waals surface area contributed by atoms with Crippen LogP contribution in [-0.2, 0) is 15.0 Å². The Morgan fingerprint density at radius 2 is 1.69 bits per heavy atom. The monoisotopic (exact) mass is 586 g/mol. The highest BCUT2D eigenvalue weighted by atomic mass is 35.5. The number of hydrogen-bond acceptors (Lipinski definition) is 4. The Balaban J connectivity index is 1.51. The first-order valence-electron chi connectivity index (χ1n) is 13.3. The summed E-state index contributed by atoms with van der Waals surface area (Å²) in [6.07, 6.45) is 8.83. The average Bonchev–Trinajstić information content (AvgIpc) is 3.18. The van der Waals surface area contributed by atoms with E-state index in [-0.39, 0.29) is 36.4 Å². The van der Waals surface area contributed by atoms with Gasteiger partial charge in [-0.15, -0.1) is 0 Å². The summed E-state index contributed by atoms with van der Waals surface area (Å²) in [7, 11) is 0. The van der Waals surface area contributed by atoms with E-state index < -0.39 is 17.4 Å². The topological polar surface area (TPSA) is 87.7 Å². The number of allylic oxidation sites excluding steroid dienone is 4. The van der Waals surface area contributed by atoms with Gasteiger partial charge in [-0.05, 0) is 85.9 Å². The molecule has 2 aliphatic heterocycles. The number of benzene rings is 2. The summed E-state index contributed by atoms with van der Waals surface area (Å²) in [5, 5.41) is 17.9. The molecule has 2 amide bonds. The highest BCUT2D eigenvalue weighted by molar-refractivity contribution is 6.31. The Kier molecular flexibility index (Phi) is 7.17. The molecule has 2 aliphatic carbocycles. The first-order valence-corrected chi connectivity index (χ1v) is 14.5. The van der Waals surface area contributed by atoms with Crippen LogP contribution in [0.15, 0.2) is 59.7 Å². The third-order valence-electron chi connectivity index (χ3n) is 8.61. The minimum atomic E-state index is -1.16. The normalized spacial score (nSPS) is 31.9. The molecule has 2 heterocycles. The van der Waals surface area contributed by atoms with Gasteiger partial charge in [0.25, 0.3) is 0 Å². The molecule has 4 aliphatic rings. The second-order valence-corrected chi connectivity index (χ2v) is 12.3. The highest BCUT2D eigenvalue weighted by Crippen LogP contribution is 2.58. The van der Waals surface area contributed by atoms with E-state index in [1.165, 1.54) is 0 Å². The van der Waals surface area contributed by atoms with Crippen LogP contribution in [0.3, 0.4) is 0 Å². The number of hydrogen-bond donors (Lipinski definition) is 3. The summed E-state index contributed by atoms with van der Waals surface area (Å²) in [6, 6.07) is 10.00. The summed E-state index contributed by atoms with van der Waals surface area (Å²) >= 11 is 19.3. The zero-order valence-corrected chi connectivity index (χ0v) is 23.4. The van der Waals surface area contributed by atoms with Crippen molar-refractivity contribution in [2.75, 3.05) is 5.32 Å². The van der Waals surface area contributed by atoms with Crippen LogP contribution in [0.1, 0.15) is 55.7 Å². The van der Waals surface area contributed by atoms with Crippen molar-refractivity contribution in [3.8, 4) is 5.75 Å². The van der Waals surface area contributed by atoms with E-state index in [0.29, 0.717) is 64.2 Å². The van der Waals surface area contributed by atoms with Crippen molar-refractivity contribution in [1.29, 1.82) is 0 Å². The first-order chi connectivity index (χ1) is 18.8. The largest absolute Gasteiger partial charge is 0.490 e. The fourth-order valence-electron chi connectivity index (χ4n) is 6.84. The number of rotatable bonds is 4. The Bertz CT molecular complexity index is 1380. The lowest BCUT2D eigenvalue weighted by Gasteiger charge is -2.49. The van der Waals surface area contributed by atoms with Gasteiger partial charge < -0.3 is 20.5 Å². The number of ether oxygens (including phenoxy) is 1. The fourth-order valence-corrected chi connectivity index (χ4v) is 7.44. The number of aliphatic hydroxyl groups is 1. The van der Waals surface area contributed by atoms with E-state index in [4.69, 9.17) is 39.5 Å². The molecule has 2 aromatic carbocycles. The van der Waals surface area contributed by atoms with Crippen LogP contribution in [0.4, 0.5) is 5.69 Å². The molecule has 1 saturated carbocycles. The van der Waals surface area contributed by atoms with Gasteiger partial charge in [-0.1, -0.05) is 53.0 Å². The molecule has 4 atom stereocenters. The van der Waals surface area contributed by atoms with Gasteiger partial charge in [0.1, 0.15) is 11.2 Å². The number of piperidine rings is 1. The van der Waals surface area contributed by atoms with E-state index in [2.05, 4.69) is 10.6 Å². The summed E-state index contributed by atoms with van der Waals surface area (Å²) in [5.41, 5.74) is 0.887. The number of halogens is 3. The molecule has 0 aromatic heterocycles. The van der Waals surface area contributed by atoms with Gasteiger partial charge in [-0.25, -0.2) is 0 Å². The molecule has 0 radical (unpaired) electrons. The van der Waals surface area contributed by atoms with Crippen LogP contribution >= 0.6 is 34.8 Å². The third-order valence-corrected chi connectivity index (χ3v) is 9.36. The lowest BCUT2D eigenvalue weighted by atomic mass is 9.57. The molecule has 1 spiro atoms. The van der Waals surface area contributed by atoms with Crippen LogP contribution in [0.5, 0.6) is 5.75 Å². The van der Waals surface area contributed by atoms with Gasteiger partial charge >= 0.3 is 0 Å². The smallest absolute Gasteiger partial charge is 0.237 e. The molecule has 204 valence electrons. The molecule has 0 bridgehead atoms. The van der Waals surface area contributed by atoms with Gasteiger partial charge in [-0.2, -0.15) is 0 Å². The summed E-state index contributed by atoms with van der Waals surface area (Å²) in [5.74, 6) is -0.337. The molecule has 1 saturated heterocycles. The number of amides is 2. The first kappa shape index (κ1) is 26.7. The lowest BCUT2D eigenvalue weighted by molar-refractivity contribution is -0.135. The Hall–Kier alpha value is -2.51. The number of anilines is 1. The zero-order valence-electron chi connectivity index (χ0n) is 21.1. The number of carbonyl (C=O) groups is 2. The van der Waals surface area contributed by atoms with Crippen molar-refractivity contribution < 1.29 is 19.4 Å². The van der Waals surface area contributed by atoms with Crippen LogP contribution in [0.25, 0.3) is 0 Å². The molecular formula is C30H29Cl3N2O4. The number of aliphatic hydroxyl groups excluding tert-OH is 1. The molecule has 39 heavy (non-hydrogen) atoms. The van der Waals surface area contributed by atoms with E-state index >= 15 is 0 Å². The van der Waals surface area contributed by atoms with Crippen molar-refractivity contribution in [2.24, 2.45) is 11.8 Å². The van der Waals surface area contributed by atoms with Crippen LogP contribution in [0, 0.1) is 11.8 Å². The standard InChI is InChI=1S/C30H29Cl3N2O4/c31-17-3-1-2-16(12-17)24-15-27(37)35-28(30(24)23-10-4-19(33)14-25(23)34-29(30)38)22-13-18(32)5-11-26(22)39-21-8-6-20(36)7-9-21/h1-5,10-11,13-14,16,20-21,24,28,36H,6-9,12,15H2,(H,34,38)(H,35,37)/t16?,20?,21?,24-,28-,30-/m0/s1. The minimum absolute atomic E-state index is 0.0897. The van der Waals surface area contributed by atoms with Crippen molar-refractivity contribution in [3.63, 3.8) is 0 Å². The molecular weight excluding hydrogens is 559 g/mol. The second kappa shape index (κ2) is 10.5. The van der Waals surface area contributed by atoms with E-state index in [1.54, 1.807) is 24.3 Å². The zero-order chi connectivity index (χ0) is 27.3. The quantitative estimate of drug-likeness (QED) is 0.384. The third kappa shape index (κ3) is 4.76. The molecule has 2 fully saturated rings.